The minimum Gasteiger partial charge on any atom is -0.480 e. The molecule has 2 unspecified atom stereocenters. The first-order valence-electron chi connectivity index (χ1n) is 7.50. The SMILES string of the molecule is NCC(=O)NS(=O)(=O)N1CC(c2cccc(B(O)O)c2)C(N)(C(=O)O)C1. The Morgan fingerprint density at radius 2 is 2.04 bits per heavy atom. The summed E-state index contributed by atoms with van der Waals surface area (Å²) in [5, 5.41) is 28.1. The van der Waals surface area contributed by atoms with Gasteiger partial charge in [-0.05, 0) is 11.0 Å². The van der Waals surface area contributed by atoms with Crippen molar-refractivity contribution in [1.82, 2.24) is 9.03 Å². The van der Waals surface area contributed by atoms with Crippen LogP contribution in [-0.4, -0.2) is 72.0 Å². The van der Waals surface area contributed by atoms with Crippen LogP contribution in [0.5, 0.6) is 0 Å². The number of carbonyl (C=O) groups excluding carboxylic acids is 1. The zero-order valence-corrected chi connectivity index (χ0v) is 14.4. The molecule has 1 aromatic rings. The molecule has 1 fully saturated rings. The third kappa shape index (κ3) is 3.87. The van der Waals surface area contributed by atoms with Gasteiger partial charge in [0.2, 0.25) is 5.91 Å². The summed E-state index contributed by atoms with van der Waals surface area (Å²) in [5.74, 6) is -3.36. The fourth-order valence-electron chi connectivity index (χ4n) is 2.82. The van der Waals surface area contributed by atoms with Gasteiger partial charge in [0.15, 0.2) is 0 Å². The number of benzene rings is 1. The minimum absolute atomic E-state index is 0.105. The Balaban J connectivity index is 2.41. The van der Waals surface area contributed by atoms with Crippen molar-refractivity contribution in [2.24, 2.45) is 11.5 Å². The second-order valence-electron chi connectivity index (χ2n) is 5.97. The van der Waals surface area contributed by atoms with Crippen molar-refractivity contribution in [1.29, 1.82) is 0 Å². The van der Waals surface area contributed by atoms with Gasteiger partial charge in [0.25, 0.3) is 0 Å². The van der Waals surface area contributed by atoms with Crippen molar-refractivity contribution < 1.29 is 33.2 Å². The number of nitrogens with two attached hydrogens (primary N) is 2. The van der Waals surface area contributed by atoms with Gasteiger partial charge in [-0.15, -0.1) is 0 Å². The molecular formula is C13H19BN4O7S. The van der Waals surface area contributed by atoms with E-state index in [1.54, 1.807) is 4.72 Å². The first kappa shape index (κ1) is 20.3. The van der Waals surface area contributed by atoms with E-state index in [1.165, 1.54) is 24.3 Å². The second kappa shape index (κ2) is 7.30. The molecule has 142 valence electrons. The molecule has 0 saturated carbocycles. The molecule has 1 saturated heterocycles. The lowest BCUT2D eigenvalue weighted by atomic mass is 9.76. The van der Waals surface area contributed by atoms with Crippen molar-refractivity contribution in [3.05, 3.63) is 29.8 Å². The van der Waals surface area contributed by atoms with Gasteiger partial charge in [0.1, 0.15) is 5.54 Å². The van der Waals surface area contributed by atoms with Crippen LogP contribution in [0.2, 0.25) is 0 Å². The summed E-state index contributed by atoms with van der Waals surface area (Å²) in [5.41, 5.74) is 9.52. The van der Waals surface area contributed by atoms with Crippen LogP contribution in [0.4, 0.5) is 0 Å². The molecule has 0 aromatic heterocycles. The average Bonchev–Trinajstić information content (AvgIpc) is 2.94. The zero-order chi connectivity index (χ0) is 19.7. The van der Waals surface area contributed by atoms with E-state index in [0.717, 1.165) is 4.31 Å². The highest BCUT2D eigenvalue weighted by Gasteiger charge is 2.53. The lowest BCUT2D eigenvalue weighted by molar-refractivity contribution is -0.143. The smallest absolute Gasteiger partial charge is 0.480 e. The molecule has 8 N–H and O–H groups in total. The normalized spacial score (nSPS) is 23.6. The summed E-state index contributed by atoms with van der Waals surface area (Å²) in [6.45, 7) is -1.45. The fourth-order valence-corrected chi connectivity index (χ4v) is 4.05. The monoisotopic (exact) mass is 386 g/mol. The minimum atomic E-state index is -4.33. The first-order chi connectivity index (χ1) is 12.0. The highest BCUT2D eigenvalue weighted by atomic mass is 32.2. The Labute approximate surface area is 149 Å². The highest BCUT2D eigenvalue weighted by Crippen LogP contribution is 2.35. The van der Waals surface area contributed by atoms with Crippen LogP contribution in [0.15, 0.2) is 24.3 Å². The van der Waals surface area contributed by atoms with E-state index in [1.807, 2.05) is 0 Å². The Morgan fingerprint density at radius 3 is 2.58 bits per heavy atom. The van der Waals surface area contributed by atoms with E-state index >= 15 is 0 Å². The van der Waals surface area contributed by atoms with Crippen molar-refractivity contribution in [2.45, 2.75) is 11.5 Å². The number of nitrogens with zero attached hydrogens (tertiary/aromatic N) is 1. The molecule has 1 aliphatic rings. The topological polar surface area (TPSA) is 196 Å². The van der Waals surface area contributed by atoms with E-state index in [4.69, 9.17) is 11.5 Å². The maximum absolute atomic E-state index is 12.3. The van der Waals surface area contributed by atoms with Crippen LogP contribution in [0, 0.1) is 0 Å². The lowest BCUT2D eigenvalue weighted by Crippen LogP contribution is -2.55. The van der Waals surface area contributed by atoms with Gasteiger partial charge in [0, 0.05) is 19.0 Å². The lowest BCUT2D eigenvalue weighted by Gasteiger charge is -2.26. The van der Waals surface area contributed by atoms with Crippen molar-refractivity contribution in [3.8, 4) is 0 Å². The number of carboxylic acids is 1. The molecule has 11 nitrogen and oxygen atoms in total. The van der Waals surface area contributed by atoms with E-state index in [-0.39, 0.29) is 12.0 Å². The summed E-state index contributed by atoms with van der Waals surface area (Å²) in [6, 6.07) is 5.74. The van der Waals surface area contributed by atoms with Crippen LogP contribution in [0.3, 0.4) is 0 Å². The molecule has 1 amide bonds. The molecule has 1 heterocycles. The number of aliphatic carboxylic acids is 1. The summed E-state index contributed by atoms with van der Waals surface area (Å²) >= 11 is 0. The predicted octanol–water partition coefficient (Wildman–Crippen LogP) is -4.13. The number of carbonyl (C=O) groups is 2. The molecule has 2 atom stereocenters. The van der Waals surface area contributed by atoms with Crippen LogP contribution in [0.25, 0.3) is 0 Å². The largest absolute Gasteiger partial charge is 0.488 e. The number of nitrogens with one attached hydrogen (secondary N) is 1. The molecule has 1 aromatic carbocycles. The number of hydrogen-bond donors (Lipinski definition) is 6. The number of carboxylic acid groups (broad SMARTS) is 1. The van der Waals surface area contributed by atoms with Crippen LogP contribution >= 0.6 is 0 Å². The molecule has 26 heavy (non-hydrogen) atoms. The van der Waals surface area contributed by atoms with E-state index in [2.05, 4.69) is 0 Å². The molecule has 2 rings (SSSR count). The Morgan fingerprint density at radius 1 is 1.38 bits per heavy atom. The van der Waals surface area contributed by atoms with Crippen molar-refractivity contribution in [2.75, 3.05) is 19.6 Å². The molecule has 0 spiro atoms. The zero-order valence-electron chi connectivity index (χ0n) is 13.6. The molecule has 0 bridgehead atoms. The maximum atomic E-state index is 12.3. The second-order valence-corrected chi connectivity index (χ2v) is 7.64. The Kier molecular flexibility index (Phi) is 5.70. The van der Waals surface area contributed by atoms with Gasteiger partial charge < -0.3 is 26.6 Å². The predicted molar refractivity (Wildman–Crippen MR) is 91.3 cm³/mol. The van der Waals surface area contributed by atoms with Crippen LogP contribution < -0.4 is 21.7 Å². The summed E-state index contributed by atoms with van der Waals surface area (Å²) in [6.07, 6.45) is 0. The standard InChI is InChI=1S/C13H19BN4O7S/c15-5-11(19)17-26(24,25)18-6-10(13(16,7-18)12(20)21)8-2-1-3-9(4-8)14(22)23/h1-4,10,22-23H,5-7,15-16H2,(H,17,19)(H,20,21). The summed E-state index contributed by atoms with van der Waals surface area (Å²) in [4.78, 5) is 23.0. The van der Waals surface area contributed by atoms with Gasteiger partial charge in [-0.1, -0.05) is 24.3 Å². The van der Waals surface area contributed by atoms with E-state index in [0.29, 0.717) is 5.56 Å². The number of hydrogen-bond acceptors (Lipinski definition) is 8. The van der Waals surface area contributed by atoms with Crippen LogP contribution in [-0.2, 0) is 19.8 Å². The molecule has 0 radical (unpaired) electrons. The Hall–Kier alpha value is -2.03. The fraction of sp³-hybridized carbons (Fsp3) is 0.385. The summed E-state index contributed by atoms with van der Waals surface area (Å²) in [7, 11) is -6.11. The molecule has 0 aliphatic carbocycles. The highest BCUT2D eigenvalue weighted by molar-refractivity contribution is 7.87. The Bertz CT molecular complexity index is 818. The maximum Gasteiger partial charge on any atom is 0.488 e. The first-order valence-corrected chi connectivity index (χ1v) is 8.94. The molecular weight excluding hydrogens is 367 g/mol. The quantitative estimate of drug-likeness (QED) is 0.263. The molecule has 13 heteroatoms. The average molecular weight is 386 g/mol. The van der Waals surface area contributed by atoms with Crippen molar-refractivity contribution >= 4 is 34.7 Å². The van der Waals surface area contributed by atoms with Gasteiger partial charge in [0.05, 0.1) is 6.54 Å². The number of amides is 1. The van der Waals surface area contributed by atoms with E-state index in [9.17, 15) is 33.2 Å². The number of rotatable bonds is 6. The third-order valence-corrected chi connectivity index (χ3v) is 5.67. The molecule has 1 aliphatic heterocycles. The van der Waals surface area contributed by atoms with Gasteiger partial charge in [-0.3, -0.25) is 9.59 Å². The summed E-state index contributed by atoms with van der Waals surface area (Å²) < 4.78 is 27.0. The van der Waals surface area contributed by atoms with Crippen LogP contribution in [0.1, 0.15) is 11.5 Å². The van der Waals surface area contributed by atoms with Gasteiger partial charge in [-0.25, -0.2) is 4.72 Å². The van der Waals surface area contributed by atoms with Gasteiger partial charge >= 0.3 is 23.3 Å². The third-order valence-electron chi connectivity index (χ3n) is 4.22. The van der Waals surface area contributed by atoms with Crippen molar-refractivity contribution in [3.63, 3.8) is 0 Å². The van der Waals surface area contributed by atoms with Gasteiger partial charge in [-0.2, -0.15) is 12.7 Å². The van der Waals surface area contributed by atoms with E-state index < -0.39 is 53.8 Å².